The van der Waals surface area contributed by atoms with Crippen LogP contribution in [-0.2, 0) is 4.79 Å². The van der Waals surface area contributed by atoms with Crippen molar-refractivity contribution >= 4 is 5.78 Å². The van der Waals surface area contributed by atoms with Gasteiger partial charge in [0.15, 0.2) is 5.78 Å². The first-order valence-electron chi connectivity index (χ1n) is 4.38. The molecule has 0 heterocycles. The van der Waals surface area contributed by atoms with E-state index in [1.165, 1.54) is 12.8 Å². The maximum atomic E-state index is 11.4. The summed E-state index contributed by atoms with van der Waals surface area (Å²) < 4.78 is 0. The Morgan fingerprint density at radius 2 is 2.36 bits per heavy atom. The van der Waals surface area contributed by atoms with Gasteiger partial charge in [-0.2, -0.15) is 0 Å². The molecule has 2 saturated carbocycles. The second-order valence-corrected chi connectivity index (χ2v) is 3.98. The molecular weight excluding hydrogens is 136 g/mol. The molecule has 1 heteroatoms. The van der Waals surface area contributed by atoms with Crippen LogP contribution in [0.5, 0.6) is 0 Å². The molecule has 0 amide bonds. The van der Waals surface area contributed by atoms with Crippen LogP contribution in [0.2, 0.25) is 0 Å². The molecule has 2 atom stereocenters. The Labute approximate surface area is 67.5 Å². The van der Waals surface area contributed by atoms with Crippen molar-refractivity contribution in [3.05, 3.63) is 11.6 Å². The van der Waals surface area contributed by atoms with E-state index in [0.29, 0.717) is 11.7 Å². The predicted molar refractivity (Wildman–Crippen MR) is 44.2 cm³/mol. The molecule has 0 bridgehead atoms. The first kappa shape index (κ1) is 7.08. The van der Waals surface area contributed by atoms with Crippen molar-refractivity contribution in [1.82, 2.24) is 0 Å². The van der Waals surface area contributed by atoms with Gasteiger partial charge in [-0.05, 0) is 36.7 Å². The molecule has 0 N–H and O–H groups in total. The number of allylic oxidation sites excluding steroid dienone is 2. The van der Waals surface area contributed by atoms with Gasteiger partial charge in [0.05, 0.1) is 0 Å². The molecule has 0 aromatic heterocycles. The maximum Gasteiger partial charge on any atom is 0.159 e. The number of carbonyl (C=O) groups is 1. The standard InChI is InChI=1S/C10H14O/c1-3-8-9(11)6-7-4-5-10(7,8)2/h3,7H,4-6H2,1-2H3/b8-3+/t7-,10+/m1/s1. The van der Waals surface area contributed by atoms with Gasteiger partial charge in [0.2, 0.25) is 0 Å². The summed E-state index contributed by atoms with van der Waals surface area (Å²) in [7, 11) is 0. The Hall–Kier alpha value is -0.590. The Balaban J connectivity index is 2.38. The fraction of sp³-hybridized carbons (Fsp3) is 0.700. The molecule has 0 unspecified atom stereocenters. The fourth-order valence-corrected chi connectivity index (χ4v) is 2.61. The van der Waals surface area contributed by atoms with Crippen LogP contribution < -0.4 is 0 Å². The Morgan fingerprint density at radius 3 is 2.64 bits per heavy atom. The van der Waals surface area contributed by atoms with Gasteiger partial charge in [-0.1, -0.05) is 13.0 Å². The third kappa shape index (κ3) is 0.688. The number of carbonyl (C=O) groups excluding carboxylic acids is 1. The van der Waals surface area contributed by atoms with E-state index in [2.05, 4.69) is 6.92 Å². The van der Waals surface area contributed by atoms with Crippen molar-refractivity contribution in [1.29, 1.82) is 0 Å². The molecule has 11 heavy (non-hydrogen) atoms. The zero-order valence-electron chi connectivity index (χ0n) is 7.18. The van der Waals surface area contributed by atoms with E-state index >= 15 is 0 Å². The number of Topliss-reactive ketones (excluding diaryl/α,β-unsaturated/α-hetero) is 1. The van der Waals surface area contributed by atoms with E-state index in [-0.39, 0.29) is 5.41 Å². The summed E-state index contributed by atoms with van der Waals surface area (Å²) in [5, 5.41) is 0. The second-order valence-electron chi connectivity index (χ2n) is 3.98. The summed E-state index contributed by atoms with van der Waals surface area (Å²) in [5.41, 5.74) is 1.39. The third-order valence-electron chi connectivity index (χ3n) is 3.55. The Morgan fingerprint density at radius 1 is 1.64 bits per heavy atom. The molecule has 2 aliphatic rings. The number of rotatable bonds is 0. The van der Waals surface area contributed by atoms with E-state index in [9.17, 15) is 4.79 Å². The molecule has 2 fully saturated rings. The van der Waals surface area contributed by atoms with Gasteiger partial charge in [0, 0.05) is 6.42 Å². The highest BCUT2D eigenvalue weighted by Gasteiger charge is 2.52. The monoisotopic (exact) mass is 150 g/mol. The fourth-order valence-electron chi connectivity index (χ4n) is 2.61. The molecular formula is C10H14O. The van der Waals surface area contributed by atoms with Gasteiger partial charge in [-0.3, -0.25) is 4.79 Å². The van der Waals surface area contributed by atoms with Crippen molar-refractivity contribution in [2.45, 2.75) is 33.1 Å². The predicted octanol–water partition coefficient (Wildman–Crippen LogP) is 2.32. The zero-order valence-corrected chi connectivity index (χ0v) is 7.18. The summed E-state index contributed by atoms with van der Waals surface area (Å²) in [6, 6.07) is 0. The van der Waals surface area contributed by atoms with Gasteiger partial charge in [-0.25, -0.2) is 0 Å². The number of fused-ring (bicyclic) bond motifs is 1. The highest BCUT2D eigenvalue weighted by atomic mass is 16.1. The van der Waals surface area contributed by atoms with Crippen molar-refractivity contribution < 1.29 is 4.79 Å². The van der Waals surface area contributed by atoms with E-state index in [1.54, 1.807) is 0 Å². The van der Waals surface area contributed by atoms with Gasteiger partial charge >= 0.3 is 0 Å². The average Bonchev–Trinajstić information content (AvgIpc) is 2.12. The highest BCUT2D eigenvalue weighted by molar-refractivity contribution is 5.99. The van der Waals surface area contributed by atoms with Crippen molar-refractivity contribution in [2.75, 3.05) is 0 Å². The number of hydrogen-bond donors (Lipinski definition) is 0. The summed E-state index contributed by atoms with van der Waals surface area (Å²) in [6.07, 6.45) is 5.32. The van der Waals surface area contributed by atoms with Gasteiger partial charge in [0.25, 0.3) is 0 Å². The first-order chi connectivity index (χ1) is 5.18. The minimum absolute atomic E-state index is 0.284. The second kappa shape index (κ2) is 1.96. The molecule has 0 aliphatic heterocycles. The van der Waals surface area contributed by atoms with E-state index < -0.39 is 0 Å². The summed E-state index contributed by atoms with van der Waals surface area (Å²) in [6.45, 7) is 4.22. The lowest BCUT2D eigenvalue weighted by Crippen LogP contribution is -2.33. The zero-order chi connectivity index (χ0) is 8.06. The maximum absolute atomic E-state index is 11.4. The van der Waals surface area contributed by atoms with Crippen molar-refractivity contribution in [2.24, 2.45) is 11.3 Å². The Kier molecular flexibility index (Phi) is 1.26. The highest BCUT2D eigenvalue weighted by Crippen LogP contribution is 2.58. The quantitative estimate of drug-likeness (QED) is 0.484. The van der Waals surface area contributed by atoms with Crippen LogP contribution in [0.25, 0.3) is 0 Å². The average molecular weight is 150 g/mol. The minimum Gasteiger partial charge on any atom is -0.295 e. The number of hydrogen-bond acceptors (Lipinski definition) is 1. The molecule has 60 valence electrons. The van der Waals surface area contributed by atoms with Crippen LogP contribution in [0.4, 0.5) is 0 Å². The molecule has 1 nitrogen and oxygen atoms in total. The van der Waals surface area contributed by atoms with Crippen LogP contribution in [0.15, 0.2) is 11.6 Å². The molecule has 2 aliphatic carbocycles. The van der Waals surface area contributed by atoms with Crippen molar-refractivity contribution in [3.63, 3.8) is 0 Å². The molecule has 0 saturated heterocycles. The molecule has 0 aromatic rings. The molecule has 2 rings (SSSR count). The summed E-state index contributed by atoms with van der Waals surface area (Å²) in [4.78, 5) is 11.4. The summed E-state index contributed by atoms with van der Waals surface area (Å²) >= 11 is 0. The van der Waals surface area contributed by atoms with E-state index in [4.69, 9.17) is 0 Å². The van der Waals surface area contributed by atoms with Gasteiger partial charge in [-0.15, -0.1) is 0 Å². The van der Waals surface area contributed by atoms with Crippen LogP contribution in [0.1, 0.15) is 33.1 Å². The van der Waals surface area contributed by atoms with Gasteiger partial charge in [0.1, 0.15) is 0 Å². The van der Waals surface area contributed by atoms with E-state index in [0.717, 1.165) is 12.0 Å². The lowest BCUT2D eigenvalue weighted by molar-refractivity contribution is -0.114. The van der Waals surface area contributed by atoms with Crippen LogP contribution >= 0.6 is 0 Å². The largest absolute Gasteiger partial charge is 0.295 e. The normalized spacial score (nSPS) is 45.8. The summed E-state index contributed by atoms with van der Waals surface area (Å²) in [5.74, 6) is 1.08. The smallest absolute Gasteiger partial charge is 0.159 e. The minimum atomic E-state index is 0.284. The van der Waals surface area contributed by atoms with Gasteiger partial charge < -0.3 is 0 Å². The molecule has 0 spiro atoms. The topological polar surface area (TPSA) is 17.1 Å². The SMILES string of the molecule is C/C=C1\C(=O)C[C@H]2CC[C@]12C. The molecule has 0 aromatic carbocycles. The van der Waals surface area contributed by atoms with Crippen molar-refractivity contribution in [3.8, 4) is 0 Å². The Bertz CT molecular complexity index is 239. The van der Waals surface area contributed by atoms with E-state index in [1.807, 2.05) is 13.0 Å². The van der Waals surface area contributed by atoms with Crippen LogP contribution in [0, 0.1) is 11.3 Å². The number of ketones is 1. The first-order valence-corrected chi connectivity index (χ1v) is 4.38. The van der Waals surface area contributed by atoms with Crippen LogP contribution in [-0.4, -0.2) is 5.78 Å². The lowest BCUT2D eigenvalue weighted by Gasteiger charge is -2.42. The van der Waals surface area contributed by atoms with Crippen LogP contribution in [0.3, 0.4) is 0 Å². The third-order valence-corrected chi connectivity index (χ3v) is 3.55. The lowest BCUT2D eigenvalue weighted by atomic mass is 9.62. The molecule has 0 radical (unpaired) electrons.